The van der Waals surface area contributed by atoms with E-state index < -0.39 is 0 Å². The number of thiazole rings is 1. The number of aryl methyl sites for hydroxylation is 1. The average molecular weight is 306 g/mol. The monoisotopic (exact) mass is 306 g/mol. The van der Waals surface area contributed by atoms with Gasteiger partial charge < -0.3 is 5.32 Å². The Balaban J connectivity index is 2.28. The van der Waals surface area contributed by atoms with E-state index in [1.54, 1.807) is 11.3 Å². The number of hydrogen-bond donors (Lipinski definition) is 1. The van der Waals surface area contributed by atoms with Crippen LogP contribution in [0.1, 0.15) is 48.8 Å². The lowest BCUT2D eigenvalue weighted by Gasteiger charge is -2.22. The van der Waals surface area contributed by atoms with Gasteiger partial charge in [0.15, 0.2) is 0 Å². The van der Waals surface area contributed by atoms with Gasteiger partial charge in [0, 0.05) is 22.9 Å². The molecule has 1 N–H and O–H groups in total. The highest BCUT2D eigenvalue weighted by atomic mass is 32.1. The molecule has 2 rings (SSSR count). The molecule has 21 heavy (non-hydrogen) atoms. The van der Waals surface area contributed by atoms with Crippen LogP contribution in [0.3, 0.4) is 0 Å². The van der Waals surface area contributed by atoms with Gasteiger partial charge in [0.1, 0.15) is 10.8 Å². The fourth-order valence-corrected chi connectivity index (χ4v) is 3.28. The summed E-state index contributed by atoms with van der Waals surface area (Å²) in [5.74, 6) is -0.202. The van der Waals surface area contributed by atoms with E-state index in [0.29, 0.717) is 6.04 Å². The Morgan fingerprint density at radius 3 is 2.43 bits per heavy atom. The minimum absolute atomic E-state index is 0.202. The quantitative estimate of drug-likeness (QED) is 0.885. The van der Waals surface area contributed by atoms with Gasteiger partial charge in [0.25, 0.3) is 0 Å². The van der Waals surface area contributed by atoms with Crippen LogP contribution in [0.5, 0.6) is 0 Å². The van der Waals surface area contributed by atoms with Gasteiger partial charge in [-0.25, -0.2) is 9.37 Å². The highest BCUT2D eigenvalue weighted by Crippen LogP contribution is 2.35. The SMILES string of the molecule is Cc1nc(C(C)(C)c2ccc(F)cc2)sc1CNC(C)C. The van der Waals surface area contributed by atoms with Crippen molar-refractivity contribution in [1.82, 2.24) is 10.3 Å². The first-order chi connectivity index (χ1) is 9.80. The van der Waals surface area contributed by atoms with Crippen LogP contribution in [0.15, 0.2) is 24.3 Å². The van der Waals surface area contributed by atoms with Crippen LogP contribution in [0, 0.1) is 12.7 Å². The predicted octanol–water partition coefficient (Wildman–Crippen LogP) is 4.41. The first kappa shape index (κ1) is 16.1. The van der Waals surface area contributed by atoms with Crippen LogP contribution >= 0.6 is 11.3 Å². The van der Waals surface area contributed by atoms with Gasteiger partial charge in [-0.1, -0.05) is 26.0 Å². The van der Waals surface area contributed by atoms with Crippen molar-refractivity contribution in [3.8, 4) is 0 Å². The van der Waals surface area contributed by atoms with E-state index in [4.69, 9.17) is 4.98 Å². The Kier molecular flexibility index (Phi) is 4.79. The van der Waals surface area contributed by atoms with Crippen molar-refractivity contribution in [3.63, 3.8) is 0 Å². The summed E-state index contributed by atoms with van der Waals surface area (Å²) in [5, 5.41) is 4.51. The predicted molar refractivity (Wildman–Crippen MR) is 87.4 cm³/mol. The van der Waals surface area contributed by atoms with Crippen molar-refractivity contribution in [3.05, 3.63) is 51.2 Å². The third-order valence-corrected chi connectivity index (χ3v) is 5.15. The summed E-state index contributed by atoms with van der Waals surface area (Å²) in [7, 11) is 0. The van der Waals surface area contributed by atoms with E-state index in [0.717, 1.165) is 22.8 Å². The third kappa shape index (κ3) is 3.69. The summed E-state index contributed by atoms with van der Waals surface area (Å²) >= 11 is 1.74. The number of benzene rings is 1. The normalized spacial score (nSPS) is 12.1. The second kappa shape index (κ2) is 6.24. The average Bonchev–Trinajstić information content (AvgIpc) is 2.79. The van der Waals surface area contributed by atoms with E-state index in [9.17, 15) is 4.39 Å². The Labute approximate surface area is 130 Å². The lowest BCUT2D eigenvalue weighted by molar-refractivity contribution is 0.591. The summed E-state index contributed by atoms with van der Waals surface area (Å²) in [6, 6.07) is 7.17. The smallest absolute Gasteiger partial charge is 0.123 e. The lowest BCUT2D eigenvalue weighted by atomic mass is 9.85. The third-order valence-electron chi connectivity index (χ3n) is 3.66. The summed E-state index contributed by atoms with van der Waals surface area (Å²) in [6.07, 6.45) is 0. The molecule has 1 heterocycles. The van der Waals surface area contributed by atoms with Crippen LogP contribution in [-0.4, -0.2) is 11.0 Å². The summed E-state index contributed by atoms with van der Waals surface area (Å²) < 4.78 is 13.1. The van der Waals surface area contributed by atoms with Crippen molar-refractivity contribution >= 4 is 11.3 Å². The summed E-state index contributed by atoms with van der Waals surface area (Å²) in [6.45, 7) is 11.5. The zero-order chi connectivity index (χ0) is 15.6. The summed E-state index contributed by atoms with van der Waals surface area (Å²) in [4.78, 5) is 6.02. The van der Waals surface area contributed by atoms with E-state index in [-0.39, 0.29) is 11.2 Å². The largest absolute Gasteiger partial charge is 0.310 e. The number of nitrogens with one attached hydrogen (secondary N) is 1. The Morgan fingerprint density at radius 1 is 1.24 bits per heavy atom. The molecule has 0 aliphatic rings. The number of hydrogen-bond acceptors (Lipinski definition) is 3. The minimum atomic E-state index is -0.209. The van der Waals surface area contributed by atoms with Gasteiger partial charge in [0.05, 0.1) is 5.69 Å². The van der Waals surface area contributed by atoms with Gasteiger partial charge in [-0.05, 0) is 38.5 Å². The molecular formula is C17H23FN2S. The molecule has 1 aromatic carbocycles. The van der Waals surface area contributed by atoms with Crippen LogP contribution in [0.25, 0.3) is 0 Å². The molecule has 114 valence electrons. The molecule has 0 atom stereocenters. The molecule has 2 nitrogen and oxygen atoms in total. The van der Waals surface area contributed by atoms with Gasteiger partial charge in [-0.2, -0.15) is 0 Å². The Hall–Kier alpha value is -1.26. The van der Waals surface area contributed by atoms with Crippen LogP contribution in [0.2, 0.25) is 0 Å². The topological polar surface area (TPSA) is 24.9 Å². The molecule has 0 spiro atoms. The number of nitrogens with zero attached hydrogens (tertiary/aromatic N) is 1. The number of halogens is 1. The molecular weight excluding hydrogens is 283 g/mol. The molecule has 0 unspecified atom stereocenters. The number of rotatable bonds is 5. The van der Waals surface area contributed by atoms with E-state index in [1.807, 2.05) is 12.1 Å². The van der Waals surface area contributed by atoms with Crippen LogP contribution in [-0.2, 0) is 12.0 Å². The first-order valence-corrected chi connectivity index (χ1v) is 8.08. The molecule has 0 amide bonds. The van der Waals surface area contributed by atoms with Gasteiger partial charge in [-0.3, -0.25) is 0 Å². The molecule has 2 aromatic rings. The first-order valence-electron chi connectivity index (χ1n) is 7.27. The molecule has 4 heteroatoms. The molecule has 0 fully saturated rings. The Bertz CT molecular complexity index is 600. The molecule has 0 saturated carbocycles. The second-order valence-corrected chi connectivity index (χ2v) is 7.28. The lowest BCUT2D eigenvalue weighted by Crippen LogP contribution is -2.21. The molecule has 1 aromatic heterocycles. The molecule has 0 aliphatic heterocycles. The van der Waals surface area contributed by atoms with Gasteiger partial charge >= 0.3 is 0 Å². The molecule has 0 radical (unpaired) electrons. The van der Waals surface area contributed by atoms with Gasteiger partial charge in [0.2, 0.25) is 0 Å². The van der Waals surface area contributed by atoms with E-state index >= 15 is 0 Å². The molecule has 0 aliphatic carbocycles. The van der Waals surface area contributed by atoms with Crippen molar-refractivity contribution in [1.29, 1.82) is 0 Å². The maximum Gasteiger partial charge on any atom is 0.123 e. The van der Waals surface area contributed by atoms with Crippen LogP contribution < -0.4 is 5.32 Å². The van der Waals surface area contributed by atoms with Gasteiger partial charge in [-0.15, -0.1) is 11.3 Å². The van der Waals surface area contributed by atoms with E-state index in [2.05, 4.69) is 39.9 Å². The fourth-order valence-electron chi connectivity index (χ4n) is 2.15. The number of aromatic nitrogens is 1. The standard InChI is InChI=1S/C17H23FN2S/c1-11(2)19-10-15-12(3)20-16(21-15)17(4,5)13-6-8-14(18)9-7-13/h6-9,11,19H,10H2,1-5H3. The van der Waals surface area contributed by atoms with Crippen LogP contribution in [0.4, 0.5) is 4.39 Å². The fraction of sp³-hybridized carbons (Fsp3) is 0.471. The van der Waals surface area contributed by atoms with Crippen molar-refractivity contribution in [2.24, 2.45) is 0 Å². The highest BCUT2D eigenvalue weighted by molar-refractivity contribution is 7.11. The zero-order valence-corrected chi connectivity index (χ0v) is 14.1. The summed E-state index contributed by atoms with van der Waals surface area (Å²) in [5.41, 5.74) is 1.96. The maximum atomic E-state index is 13.1. The van der Waals surface area contributed by atoms with Crippen molar-refractivity contribution in [2.75, 3.05) is 0 Å². The molecule has 0 bridgehead atoms. The minimum Gasteiger partial charge on any atom is -0.310 e. The molecule has 0 saturated heterocycles. The Morgan fingerprint density at radius 2 is 1.86 bits per heavy atom. The van der Waals surface area contributed by atoms with E-state index in [1.165, 1.54) is 17.0 Å². The van der Waals surface area contributed by atoms with Crippen molar-refractivity contribution < 1.29 is 4.39 Å². The zero-order valence-electron chi connectivity index (χ0n) is 13.3. The highest BCUT2D eigenvalue weighted by Gasteiger charge is 2.27. The second-order valence-electron chi connectivity index (χ2n) is 6.20. The maximum absolute atomic E-state index is 13.1. The van der Waals surface area contributed by atoms with Crippen molar-refractivity contribution in [2.45, 2.75) is 52.6 Å².